The van der Waals surface area contributed by atoms with Gasteiger partial charge in [0.1, 0.15) is 11.5 Å². The number of hydrogen-bond acceptors (Lipinski definition) is 2. The molecule has 94 valence electrons. The van der Waals surface area contributed by atoms with E-state index in [9.17, 15) is 9.18 Å². The van der Waals surface area contributed by atoms with Crippen molar-refractivity contribution in [2.45, 2.75) is 13.5 Å². The van der Waals surface area contributed by atoms with Gasteiger partial charge in [0.25, 0.3) is 0 Å². The van der Waals surface area contributed by atoms with E-state index in [-0.39, 0.29) is 16.3 Å². The van der Waals surface area contributed by atoms with Gasteiger partial charge >= 0.3 is 0 Å². The van der Waals surface area contributed by atoms with Crippen LogP contribution >= 0.6 is 27.5 Å². The number of hydrogen-bond donors (Lipinski definition) is 0. The summed E-state index contributed by atoms with van der Waals surface area (Å²) < 4.78 is 15.8. The Bertz CT molecular complexity index is 612. The van der Waals surface area contributed by atoms with E-state index >= 15 is 0 Å². The zero-order valence-electron chi connectivity index (χ0n) is 9.45. The lowest BCUT2D eigenvalue weighted by Crippen LogP contribution is -2.12. The number of aryl methyl sites for hydroxylation is 1. The lowest BCUT2D eigenvalue weighted by Gasteiger charge is -2.06. The number of carbonyl (C=O) groups excluding carboxylic acids is 1. The van der Waals surface area contributed by atoms with Crippen LogP contribution in [0.15, 0.2) is 28.9 Å². The van der Waals surface area contributed by atoms with Gasteiger partial charge in [0.2, 0.25) is 5.78 Å². The molecule has 2 rings (SSSR count). The molecule has 6 heteroatoms. The van der Waals surface area contributed by atoms with Crippen molar-refractivity contribution in [3.8, 4) is 0 Å². The van der Waals surface area contributed by atoms with Gasteiger partial charge in [0, 0.05) is 11.0 Å². The Balaban J connectivity index is 2.51. The van der Waals surface area contributed by atoms with Crippen LogP contribution in [0.4, 0.5) is 4.39 Å². The molecule has 0 radical (unpaired) electrons. The van der Waals surface area contributed by atoms with E-state index in [4.69, 9.17) is 11.6 Å². The van der Waals surface area contributed by atoms with E-state index in [0.717, 1.165) is 0 Å². The first-order chi connectivity index (χ1) is 8.54. The molecule has 1 aromatic heterocycles. The van der Waals surface area contributed by atoms with Crippen LogP contribution in [-0.2, 0) is 6.54 Å². The average molecular weight is 332 g/mol. The highest BCUT2D eigenvalue weighted by atomic mass is 79.9. The van der Waals surface area contributed by atoms with E-state index in [1.165, 1.54) is 23.0 Å². The maximum atomic E-state index is 13.7. The SMILES string of the molecule is CCn1ncc(Cl)c1C(=O)c1ccc(Br)cc1F. The first-order valence-electron chi connectivity index (χ1n) is 5.25. The van der Waals surface area contributed by atoms with Crippen LogP contribution in [0.2, 0.25) is 5.02 Å². The smallest absolute Gasteiger partial charge is 0.215 e. The van der Waals surface area contributed by atoms with Crippen LogP contribution < -0.4 is 0 Å². The normalized spacial score (nSPS) is 10.7. The summed E-state index contributed by atoms with van der Waals surface area (Å²) in [6.07, 6.45) is 1.38. The first kappa shape index (κ1) is 13.2. The van der Waals surface area contributed by atoms with Crippen LogP contribution in [0.5, 0.6) is 0 Å². The number of benzene rings is 1. The largest absolute Gasteiger partial charge is 0.287 e. The molecule has 0 N–H and O–H groups in total. The van der Waals surface area contributed by atoms with Gasteiger partial charge in [-0.3, -0.25) is 9.48 Å². The summed E-state index contributed by atoms with van der Waals surface area (Å²) in [5.74, 6) is -1.06. The number of halogens is 3. The van der Waals surface area contributed by atoms with Gasteiger partial charge in [0.05, 0.1) is 16.8 Å². The Morgan fingerprint density at radius 3 is 2.89 bits per heavy atom. The summed E-state index contributed by atoms with van der Waals surface area (Å²) in [5.41, 5.74) is 0.190. The Hall–Kier alpha value is -1.20. The number of rotatable bonds is 3. The lowest BCUT2D eigenvalue weighted by molar-refractivity contribution is 0.102. The van der Waals surface area contributed by atoms with Crippen molar-refractivity contribution >= 4 is 33.3 Å². The van der Waals surface area contributed by atoms with Crippen LogP contribution in [0, 0.1) is 5.82 Å². The third-order valence-electron chi connectivity index (χ3n) is 2.49. The van der Waals surface area contributed by atoms with E-state index in [1.54, 1.807) is 6.07 Å². The molecule has 2 aromatic rings. The van der Waals surface area contributed by atoms with Crippen LogP contribution in [0.25, 0.3) is 0 Å². The topological polar surface area (TPSA) is 34.9 Å². The highest BCUT2D eigenvalue weighted by molar-refractivity contribution is 9.10. The van der Waals surface area contributed by atoms with Crippen molar-refractivity contribution in [3.63, 3.8) is 0 Å². The van der Waals surface area contributed by atoms with Crippen LogP contribution in [-0.4, -0.2) is 15.6 Å². The first-order valence-corrected chi connectivity index (χ1v) is 6.42. The molecule has 0 amide bonds. The second-order valence-corrected chi connectivity index (χ2v) is 4.93. The Kier molecular flexibility index (Phi) is 3.82. The number of ketones is 1. The second kappa shape index (κ2) is 5.20. The number of nitrogens with zero attached hydrogens (tertiary/aromatic N) is 2. The van der Waals surface area contributed by atoms with Gasteiger partial charge in [-0.1, -0.05) is 27.5 Å². The van der Waals surface area contributed by atoms with E-state index in [2.05, 4.69) is 21.0 Å². The fraction of sp³-hybridized carbons (Fsp3) is 0.167. The van der Waals surface area contributed by atoms with Crippen LogP contribution in [0.3, 0.4) is 0 Å². The molecule has 0 fully saturated rings. The van der Waals surface area contributed by atoms with Crippen molar-refractivity contribution in [1.29, 1.82) is 0 Å². The molecule has 0 saturated carbocycles. The zero-order chi connectivity index (χ0) is 13.3. The third-order valence-corrected chi connectivity index (χ3v) is 3.26. The minimum Gasteiger partial charge on any atom is -0.287 e. The molecular formula is C12H9BrClFN2O. The summed E-state index contributed by atoms with van der Waals surface area (Å²) >= 11 is 9.06. The molecule has 18 heavy (non-hydrogen) atoms. The van der Waals surface area contributed by atoms with Gasteiger partial charge in [-0.05, 0) is 25.1 Å². The molecule has 0 unspecified atom stereocenters. The quantitative estimate of drug-likeness (QED) is 0.804. The summed E-state index contributed by atoms with van der Waals surface area (Å²) in [5, 5.41) is 4.19. The van der Waals surface area contributed by atoms with Crippen molar-refractivity contribution < 1.29 is 9.18 Å². The second-order valence-electron chi connectivity index (χ2n) is 3.61. The minimum atomic E-state index is -0.589. The monoisotopic (exact) mass is 330 g/mol. The molecule has 0 aliphatic rings. The summed E-state index contributed by atoms with van der Waals surface area (Å²) in [6, 6.07) is 4.27. The maximum Gasteiger partial charge on any atom is 0.215 e. The predicted molar refractivity (Wildman–Crippen MR) is 70.4 cm³/mol. The number of aromatic nitrogens is 2. The molecule has 0 saturated heterocycles. The van der Waals surface area contributed by atoms with Gasteiger partial charge in [-0.2, -0.15) is 5.10 Å². The summed E-state index contributed by atoms with van der Waals surface area (Å²) in [7, 11) is 0. The highest BCUT2D eigenvalue weighted by Crippen LogP contribution is 2.22. The van der Waals surface area contributed by atoms with Crippen molar-refractivity contribution in [1.82, 2.24) is 9.78 Å². The predicted octanol–water partition coefficient (Wildman–Crippen LogP) is 3.69. The zero-order valence-corrected chi connectivity index (χ0v) is 11.8. The highest BCUT2D eigenvalue weighted by Gasteiger charge is 2.21. The maximum absolute atomic E-state index is 13.7. The number of carbonyl (C=O) groups is 1. The molecule has 1 aromatic carbocycles. The molecule has 0 aliphatic heterocycles. The fourth-order valence-corrected chi connectivity index (χ4v) is 2.19. The standard InChI is InChI=1S/C12H9BrClFN2O/c1-2-17-11(9(14)6-16-17)12(18)8-4-3-7(13)5-10(8)15/h3-6H,2H2,1H3. The molecule has 1 heterocycles. The Labute approximate surface area is 117 Å². The van der Waals surface area contributed by atoms with Gasteiger partial charge in [-0.25, -0.2) is 4.39 Å². The van der Waals surface area contributed by atoms with Crippen molar-refractivity contribution in [2.24, 2.45) is 0 Å². The lowest BCUT2D eigenvalue weighted by atomic mass is 10.1. The molecule has 0 bridgehead atoms. The Morgan fingerprint density at radius 1 is 1.56 bits per heavy atom. The van der Waals surface area contributed by atoms with Gasteiger partial charge < -0.3 is 0 Å². The van der Waals surface area contributed by atoms with Gasteiger partial charge in [-0.15, -0.1) is 0 Å². The van der Waals surface area contributed by atoms with Gasteiger partial charge in [0.15, 0.2) is 0 Å². The third kappa shape index (κ3) is 2.33. The average Bonchev–Trinajstić information content (AvgIpc) is 2.69. The van der Waals surface area contributed by atoms with E-state index in [0.29, 0.717) is 11.0 Å². The molecule has 0 spiro atoms. The molecular weight excluding hydrogens is 322 g/mol. The van der Waals surface area contributed by atoms with Crippen molar-refractivity contribution in [2.75, 3.05) is 0 Å². The minimum absolute atomic E-state index is 0.0182. The van der Waals surface area contributed by atoms with Crippen LogP contribution in [0.1, 0.15) is 23.0 Å². The molecule has 3 nitrogen and oxygen atoms in total. The van der Waals surface area contributed by atoms with E-state index < -0.39 is 11.6 Å². The Morgan fingerprint density at radius 2 is 2.28 bits per heavy atom. The molecule has 0 atom stereocenters. The summed E-state index contributed by atoms with van der Waals surface area (Å²) in [4.78, 5) is 12.2. The van der Waals surface area contributed by atoms with Crippen molar-refractivity contribution in [3.05, 3.63) is 51.0 Å². The fourth-order valence-electron chi connectivity index (χ4n) is 1.63. The van der Waals surface area contributed by atoms with E-state index in [1.807, 2.05) is 6.92 Å². The summed E-state index contributed by atoms with van der Waals surface area (Å²) in [6.45, 7) is 2.32. The molecule has 0 aliphatic carbocycles.